The normalized spacial score (nSPS) is 15.1. The van der Waals surface area contributed by atoms with Crippen molar-refractivity contribution in [2.24, 2.45) is 0 Å². The van der Waals surface area contributed by atoms with Gasteiger partial charge in [-0.05, 0) is 23.8 Å². The smallest absolute Gasteiger partial charge is 0.233 e. The highest BCUT2D eigenvalue weighted by Crippen LogP contribution is 2.24. The number of carbonyl (C=O) groups excluding carboxylic acids is 1. The predicted molar refractivity (Wildman–Crippen MR) is 111 cm³/mol. The molecule has 9 nitrogen and oxygen atoms in total. The lowest BCUT2D eigenvalue weighted by atomic mass is 10.1. The van der Waals surface area contributed by atoms with Gasteiger partial charge >= 0.3 is 0 Å². The number of anilines is 3. The fourth-order valence-electron chi connectivity index (χ4n) is 2.97. The average molecular weight is 391 g/mol. The van der Waals surface area contributed by atoms with Crippen LogP contribution in [0.1, 0.15) is 12.0 Å². The van der Waals surface area contributed by atoms with Crippen molar-refractivity contribution in [2.75, 3.05) is 30.9 Å². The number of benzene rings is 1. The van der Waals surface area contributed by atoms with E-state index in [1.54, 1.807) is 17.8 Å². The Morgan fingerprint density at radius 1 is 1.31 bits per heavy atom. The minimum atomic E-state index is -0.0688. The van der Waals surface area contributed by atoms with Crippen LogP contribution < -0.4 is 16.0 Å². The molecule has 0 aliphatic carbocycles. The molecule has 0 spiro atoms. The summed E-state index contributed by atoms with van der Waals surface area (Å²) >= 11 is 0. The second-order valence-corrected chi connectivity index (χ2v) is 6.49. The quantitative estimate of drug-likeness (QED) is 0.531. The summed E-state index contributed by atoms with van der Waals surface area (Å²) in [6.45, 7) is 4.98. The molecule has 0 atom stereocenters. The van der Waals surface area contributed by atoms with E-state index in [0.717, 1.165) is 16.8 Å². The molecular weight excluding hydrogens is 370 g/mol. The van der Waals surface area contributed by atoms with Crippen LogP contribution in [0.4, 0.5) is 17.6 Å². The summed E-state index contributed by atoms with van der Waals surface area (Å²) in [5, 5.41) is 13.6. The van der Waals surface area contributed by atoms with Gasteiger partial charge in [-0.15, -0.1) is 0 Å². The largest absolute Gasteiger partial charge is 0.383 e. The number of nitrogens with zero attached hydrogens (tertiary/aromatic N) is 4. The predicted octanol–water partition coefficient (Wildman–Crippen LogP) is 2.34. The Labute approximate surface area is 167 Å². The van der Waals surface area contributed by atoms with Gasteiger partial charge < -0.3 is 20.7 Å². The van der Waals surface area contributed by atoms with Gasteiger partial charge in [0.05, 0.1) is 19.2 Å². The summed E-state index contributed by atoms with van der Waals surface area (Å²) < 4.78 is 6.72. The highest BCUT2D eigenvalue weighted by molar-refractivity contribution is 5.89. The first-order chi connectivity index (χ1) is 14.1. The van der Waals surface area contributed by atoms with Crippen molar-refractivity contribution < 1.29 is 9.53 Å². The molecule has 0 saturated carbocycles. The number of nitrogens with one attached hydrogen (secondary N) is 3. The number of methoxy groups -OCH3 is 1. The third kappa shape index (κ3) is 4.09. The minimum absolute atomic E-state index is 0.0688. The molecule has 2 aromatic heterocycles. The number of carbonyl (C=O) groups is 1. The van der Waals surface area contributed by atoms with Crippen LogP contribution in [0.2, 0.25) is 0 Å². The Morgan fingerprint density at radius 3 is 2.86 bits per heavy atom. The second kappa shape index (κ2) is 8.11. The Bertz CT molecular complexity index is 1090. The number of fused-ring (bicyclic) bond motifs is 1. The van der Waals surface area contributed by atoms with Crippen LogP contribution in [0.5, 0.6) is 0 Å². The van der Waals surface area contributed by atoms with Crippen LogP contribution in [-0.2, 0) is 9.53 Å². The van der Waals surface area contributed by atoms with E-state index in [4.69, 9.17) is 4.74 Å². The molecular formula is C20H21N7O2. The van der Waals surface area contributed by atoms with Crippen molar-refractivity contribution in [2.45, 2.75) is 6.42 Å². The Kier molecular flexibility index (Phi) is 5.21. The molecule has 0 unspecified atom stereocenters. The zero-order chi connectivity index (χ0) is 20.2. The van der Waals surface area contributed by atoms with E-state index in [1.165, 1.54) is 0 Å². The average Bonchev–Trinajstić information content (AvgIpc) is 3.26. The number of allylic oxidation sites excluding steroid dienone is 1. The molecule has 3 heterocycles. The van der Waals surface area contributed by atoms with Crippen molar-refractivity contribution >= 4 is 35.2 Å². The molecule has 1 saturated heterocycles. The molecule has 4 rings (SSSR count). The van der Waals surface area contributed by atoms with Gasteiger partial charge in [-0.2, -0.15) is 19.6 Å². The molecule has 0 bridgehead atoms. The number of ether oxygens (including phenoxy) is 1. The van der Waals surface area contributed by atoms with E-state index < -0.39 is 0 Å². The van der Waals surface area contributed by atoms with Crippen molar-refractivity contribution in [1.82, 2.24) is 24.9 Å². The Hall–Kier alpha value is -3.72. The van der Waals surface area contributed by atoms with Gasteiger partial charge in [0.15, 0.2) is 5.65 Å². The number of aromatic nitrogens is 4. The van der Waals surface area contributed by atoms with E-state index in [1.807, 2.05) is 36.4 Å². The summed E-state index contributed by atoms with van der Waals surface area (Å²) in [4.78, 5) is 20.8. The first-order valence-corrected chi connectivity index (χ1v) is 9.14. The van der Waals surface area contributed by atoms with Crippen LogP contribution in [0.15, 0.2) is 54.4 Å². The summed E-state index contributed by atoms with van der Waals surface area (Å²) in [6.07, 6.45) is 3.86. The van der Waals surface area contributed by atoms with E-state index in [-0.39, 0.29) is 12.3 Å². The van der Waals surface area contributed by atoms with E-state index >= 15 is 0 Å². The number of para-hydroxylation sites is 1. The maximum Gasteiger partial charge on any atom is 0.233 e. The van der Waals surface area contributed by atoms with E-state index in [9.17, 15) is 4.79 Å². The molecule has 148 valence electrons. The summed E-state index contributed by atoms with van der Waals surface area (Å²) in [7, 11) is 1.64. The molecule has 3 aromatic rings. The molecule has 1 amide bonds. The van der Waals surface area contributed by atoms with Crippen LogP contribution in [0, 0.1) is 0 Å². The van der Waals surface area contributed by atoms with Crippen LogP contribution in [0.3, 0.4) is 0 Å². The van der Waals surface area contributed by atoms with Gasteiger partial charge in [0, 0.05) is 30.6 Å². The van der Waals surface area contributed by atoms with Gasteiger partial charge in [-0.1, -0.05) is 24.8 Å². The zero-order valence-corrected chi connectivity index (χ0v) is 16.0. The monoisotopic (exact) mass is 391 g/mol. The van der Waals surface area contributed by atoms with Gasteiger partial charge in [-0.3, -0.25) is 4.79 Å². The van der Waals surface area contributed by atoms with Crippen molar-refractivity contribution in [1.29, 1.82) is 0 Å². The summed E-state index contributed by atoms with van der Waals surface area (Å²) in [6, 6.07) is 9.71. The highest BCUT2D eigenvalue weighted by atomic mass is 16.5. The maximum atomic E-state index is 11.6. The van der Waals surface area contributed by atoms with E-state index in [2.05, 4.69) is 37.6 Å². The SMILES string of the molecule is C=C1NC(=O)C/C1=C\c1cnn2c(Nc3ccccc3)nc(NCCOC)nc12. The highest BCUT2D eigenvalue weighted by Gasteiger charge is 2.20. The first kappa shape index (κ1) is 18.6. The molecule has 1 fully saturated rings. The topological polar surface area (TPSA) is 105 Å². The summed E-state index contributed by atoms with van der Waals surface area (Å²) in [5.41, 5.74) is 3.67. The lowest BCUT2D eigenvalue weighted by molar-refractivity contribution is -0.118. The fourth-order valence-corrected chi connectivity index (χ4v) is 2.97. The van der Waals surface area contributed by atoms with Crippen molar-refractivity contribution in [3.63, 3.8) is 0 Å². The van der Waals surface area contributed by atoms with Crippen LogP contribution >= 0.6 is 0 Å². The summed E-state index contributed by atoms with van der Waals surface area (Å²) in [5.74, 6) is 0.901. The van der Waals surface area contributed by atoms with Gasteiger partial charge in [-0.25, -0.2) is 0 Å². The van der Waals surface area contributed by atoms with Crippen molar-refractivity contribution in [3.05, 3.63) is 59.9 Å². The van der Waals surface area contributed by atoms with Crippen molar-refractivity contribution in [3.8, 4) is 0 Å². The molecule has 9 heteroatoms. The van der Waals surface area contributed by atoms with Gasteiger partial charge in [0.25, 0.3) is 0 Å². The van der Waals surface area contributed by atoms with Crippen LogP contribution in [0.25, 0.3) is 11.7 Å². The molecule has 1 aromatic carbocycles. The molecule has 29 heavy (non-hydrogen) atoms. The standard InChI is InChI=1S/C20H21N7O2/c1-13-14(11-17(28)23-13)10-15-12-22-27-18(15)25-19(21-8-9-29-2)26-20(27)24-16-6-4-3-5-7-16/h3-7,10,12H,1,8-9,11H2,2H3,(H,23,28)(H2,21,24,25,26)/b14-10+. The molecule has 0 radical (unpaired) electrons. The first-order valence-electron chi connectivity index (χ1n) is 9.14. The third-order valence-corrected chi connectivity index (χ3v) is 4.37. The number of hydrogen-bond acceptors (Lipinski definition) is 7. The number of rotatable bonds is 7. The van der Waals surface area contributed by atoms with E-state index in [0.29, 0.717) is 36.4 Å². The third-order valence-electron chi connectivity index (χ3n) is 4.37. The molecule has 1 aliphatic heterocycles. The number of amides is 1. The fraction of sp³-hybridized carbons (Fsp3) is 0.200. The lowest BCUT2D eigenvalue weighted by Gasteiger charge is -2.10. The van der Waals surface area contributed by atoms with Gasteiger partial charge in [0.1, 0.15) is 0 Å². The molecule has 3 N–H and O–H groups in total. The van der Waals surface area contributed by atoms with Gasteiger partial charge in [0.2, 0.25) is 17.8 Å². The molecule has 1 aliphatic rings. The zero-order valence-electron chi connectivity index (χ0n) is 16.0. The minimum Gasteiger partial charge on any atom is -0.383 e. The lowest BCUT2D eigenvalue weighted by Crippen LogP contribution is -2.13. The second-order valence-electron chi connectivity index (χ2n) is 6.49. The Balaban J connectivity index is 1.75. The van der Waals surface area contributed by atoms with Crippen LogP contribution in [-0.4, -0.2) is 45.8 Å². The number of hydrogen-bond donors (Lipinski definition) is 3. The Morgan fingerprint density at radius 2 is 2.14 bits per heavy atom. The maximum absolute atomic E-state index is 11.6.